The molecule has 0 aromatic carbocycles. The molecule has 0 fully saturated rings. The Morgan fingerprint density at radius 3 is 1.92 bits per heavy atom. The third kappa shape index (κ3) is 4.10. The molecule has 0 aromatic rings. The summed E-state index contributed by atoms with van der Waals surface area (Å²) in [6.07, 6.45) is 0. The molecular formula is C11H26N2. The van der Waals surface area contributed by atoms with Crippen LogP contribution in [0.15, 0.2) is 0 Å². The lowest BCUT2D eigenvalue weighted by Crippen LogP contribution is -2.46. The van der Waals surface area contributed by atoms with Crippen LogP contribution in [0.4, 0.5) is 0 Å². The second kappa shape index (κ2) is 4.97. The first-order valence-electron chi connectivity index (χ1n) is 5.31. The van der Waals surface area contributed by atoms with Gasteiger partial charge in [0, 0.05) is 18.6 Å². The Morgan fingerprint density at radius 2 is 1.69 bits per heavy atom. The van der Waals surface area contributed by atoms with Crippen molar-refractivity contribution in [3.8, 4) is 0 Å². The molecule has 1 unspecified atom stereocenters. The van der Waals surface area contributed by atoms with Crippen molar-refractivity contribution in [1.29, 1.82) is 0 Å². The normalized spacial score (nSPS) is 15.5. The van der Waals surface area contributed by atoms with E-state index in [1.165, 1.54) is 0 Å². The summed E-state index contributed by atoms with van der Waals surface area (Å²) in [5.74, 6) is 0. The molecule has 0 aromatic heterocycles. The highest BCUT2D eigenvalue weighted by molar-refractivity contribution is 4.82. The van der Waals surface area contributed by atoms with Crippen molar-refractivity contribution in [2.24, 2.45) is 11.1 Å². The summed E-state index contributed by atoms with van der Waals surface area (Å²) >= 11 is 0. The maximum Gasteiger partial charge on any atom is 0.00739 e. The van der Waals surface area contributed by atoms with Crippen LogP contribution in [0.2, 0.25) is 0 Å². The highest BCUT2D eigenvalue weighted by Gasteiger charge is 2.26. The zero-order valence-electron chi connectivity index (χ0n) is 10.1. The van der Waals surface area contributed by atoms with Gasteiger partial charge in [-0.15, -0.1) is 0 Å². The molecule has 0 saturated carbocycles. The SMILES string of the molecule is CCN(CC(C)(C)C(C)N)C(C)C. The summed E-state index contributed by atoms with van der Waals surface area (Å²) in [7, 11) is 0. The summed E-state index contributed by atoms with van der Waals surface area (Å²) < 4.78 is 0. The minimum absolute atomic E-state index is 0.209. The number of hydrogen-bond acceptors (Lipinski definition) is 2. The minimum Gasteiger partial charge on any atom is -0.327 e. The molecule has 0 aliphatic carbocycles. The van der Waals surface area contributed by atoms with E-state index < -0.39 is 0 Å². The summed E-state index contributed by atoms with van der Waals surface area (Å²) in [4.78, 5) is 2.46. The highest BCUT2D eigenvalue weighted by atomic mass is 15.1. The number of nitrogens with zero attached hydrogens (tertiary/aromatic N) is 1. The van der Waals surface area contributed by atoms with Gasteiger partial charge in [-0.1, -0.05) is 20.8 Å². The van der Waals surface area contributed by atoms with Crippen molar-refractivity contribution in [3.63, 3.8) is 0 Å². The molecular weight excluding hydrogens is 160 g/mol. The van der Waals surface area contributed by atoms with Gasteiger partial charge in [-0.2, -0.15) is 0 Å². The predicted molar refractivity (Wildman–Crippen MR) is 59.8 cm³/mol. The Morgan fingerprint density at radius 1 is 1.23 bits per heavy atom. The van der Waals surface area contributed by atoms with Crippen LogP contribution < -0.4 is 5.73 Å². The van der Waals surface area contributed by atoms with Gasteiger partial charge < -0.3 is 10.6 Å². The van der Waals surface area contributed by atoms with E-state index in [-0.39, 0.29) is 11.5 Å². The van der Waals surface area contributed by atoms with Gasteiger partial charge in [0.15, 0.2) is 0 Å². The first-order chi connectivity index (χ1) is 5.81. The number of nitrogens with two attached hydrogens (primary N) is 1. The van der Waals surface area contributed by atoms with Crippen molar-refractivity contribution in [2.45, 2.75) is 53.6 Å². The average Bonchev–Trinajstić information content (AvgIpc) is 1.99. The molecule has 2 nitrogen and oxygen atoms in total. The van der Waals surface area contributed by atoms with E-state index in [4.69, 9.17) is 5.73 Å². The van der Waals surface area contributed by atoms with Crippen LogP contribution in [0.1, 0.15) is 41.5 Å². The standard InChI is InChI=1S/C11H26N2/c1-7-13(9(2)3)8-11(5,6)10(4)12/h9-10H,7-8,12H2,1-6H3. The van der Waals surface area contributed by atoms with E-state index in [0.717, 1.165) is 13.1 Å². The number of rotatable bonds is 5. The van der Waals surface area contributed by atoms with Gasteiger partial charge in [0.1, 0.15) is 0 Å². The zero-order chi connectivity index (χ0) is 10.6. The maximum absolute atomic E-state index is 5.95. The van der Waals surface area contributed by atoms with Crippen molar-refractivity contribution in [2.75, 3.05) is 13.1 Å². The molecule has 2 heteroatoms. The van der Waals surface area contributed by atoms with Gasteiger partial charge in [0.2, 0.25) is 0 Å². The van der Waals surface area contributed by atoms with Crippen molar-refractivity contribution < 1.29 is 0 Å². The molecule has 80 valence electrons. The van der Waals surface area contributed by atoms with Crippen LogP contribution in [0.25, 0.3) is 0 Å². The molecule has 0 rings (SSSR count). The molecule has 0 amide bonds. The monoisotopic (exact) mass is 186 g/mol. The molecule has 13 heavy (non-hydrogen) atoms. The average molecular weight is 186 g/mol. The molecule has 0 aliphatic heterocycles. The Kier molecular flexibility index (Phi) is 4.93. The van der Waals surface area contributed by atoms with Gasteiger partial charge in [-0.25, -0.2) is 0 Å². The second-order valence-electron chi connectivity index (χ2n) is 4.93. The van der Waals surface area contributed by atoms with E-state index in [1.54, 1.807) is 0 Å². The molecule has 0 spiro atoms. The maximum atomic E-state index is 5.95. The van der Waals surface area contributed by atoms with Crippen LogP contribution in [-0.2, 0) is 0 Å². The Labute approximate surface area is 83.5 Å². The molecule has 2 N–H and O–H groups in total. The summed E-state index contributed by atoms with van der Waals surface area (Å²) in [5, 5.41) is 0. The fourth-order valence-electron chi connectivity index (χ4n) is 1.33. The minimum atomic E-state index is 0.209. The van der Waals surface area contributed by atoms with Gasteiger partial charge in [-0.3, -0.25) is 0 Å². The van der Waals surface area contributed by atoms with E-state index in [1.807, 2.05) is 0 Å². The first-order valence-corrected chi connectivity index (χ1v) is 5.31. The van der Waals surface area contributed by atoms with E-state index in [9.17, 15) is 0 Å². The highest BCUT2D eigenvalue weighted by Crippen LogP contribution is 2.21. The van der Waals surface area contributed by atoms with Crippen LogP contribution in [-0.4, -0.2) is 30.1 Å². The lowest BCUT2D eigenvalue weighted by Gasteiger charge is -2.37. The first kappa shape index (κ1) is 12.9. The smallest absolute Gasteiger partial charge is 0.00739 e. The van der Waals surface area contributed by atoms with Gasteiger partial charge in [0.25, 0.3) is 0 Å². The lowest BCUT2D eigenvalue weighted by atomic mass is 9.85. The zero-order valence-corrected chi connectivity index (χ0v) is 10.1. The Bertz CT molecular complexity index is 139. The fraction of sp³-hybridized carbons (Fsp3) is 1.00. The van der Waals surface area contributed by atoms with Crippen LogP contribution >= 0.6 is 0 Å². The van der Waals surface area contributed by atoms with Crippen molar-refractivity contribution in [3.05, 3.63) is 0 Å². The summed E-state index contributed by atoms with van der Waals surface area (Å²) in [5.41, 5.74) is 6.16. The molecule has 1 atom stereocenters. The van der Waals surface area contributed by atoms with Crippen molar-refractivity contribution >= 4 is 0 Å². The van der Waals surface area contributed by atoms with E-state index in [2.05, 4.69) is 46.4 Å². The molecule has 0 saturated heterocycles. The molecule has 0 heterocycles. The number of hydrogen-bond donors (Lipinski definition) is 1. The summed E-state index contributed by atoms with van der Waals surface area (Å²) in [6.45, 7) is 15.4. The molecule has 0 bridgehead atoms. The fourth-order valence-corrected chi connectivity index (χ4v) is 1.33. The molecule has 0 aliphatic rings. The third-order valence-corrected chi connectivity index (χ3v) is 2.98. The summed E-state index contributed by atoms with van der Waals surface area (Å²) in [6, 6.07) is 0.864. The van der Waals surface area contributed by atoms with Gasteiger partial charge in [0.05, 0.1) is 0 Å². The van der Waals surface area contributed by atoms with Gasteiger partial charge >= 0.3 is 0 Å². The quantitative estimate of drug-likeness (QED) is 0.712. The Balaban J connectivity index is 4.22. The molecule has 0 radical (unpaired) electrons. The Hall–Kier alpha value is -0.0800. The second-order valence-corrected chi connectivity index (χ2v) is 4.93. The predicted octanol–water partition coefficient (Wildman–Crippen LogP) is 2.09. The van der Waals surface area contributed by atoms with Crippen LogP contribution in [0.5, 0.6) is 0 Å². The van der Waals surface area contributed by atoms with E-state index in [0.29, 0.717) is 6.04 Å². The van der Waals surface area contributed by atoms with Crippen LogP contribution in [0, 0.1) is 5.41 Å². The van der Waals surface area contributed by atoms with Gasteiger partial charge in [-0.05, 0) is 32.7 Å². The van der Waals surface area contributed by atoms with E-state index >= 15 is 0 Å². The largest absolute Gasteiger partial charge is 0.327 e. The third-order valence-electron chi connectivity index (χ3n) is 2.98. The topological polar surface area (TPSA) is 29.3 Å². The van der Waals surface area contributed by atoms with Crippen LogP contribution in [0.3, 0.4) is 0 Å². The van der Waals surface area contributed by atoms with Crippen molar-refractivity contribution in [1.82, 2.24) is 4.90 Å². The lowest BCUT2D eigenvalue weighted by molar-refractivity contribution is 0.135.